The summed E-state index contributed by atoms with van der Waals surface area (Å²) >= 11 is 4.06. The Labute approximate surface area is 211 Å². The molecule has 0 bridgehead atoms. The summed E-state index contributed by atoms with van der Waals surface area (Å²) in [6, 6.07) is -5.04. The van der Waals surface area contributed by atoms with E-state index in [1.54, 1.807) is 0 Å². The monoisotopic (exact) mass is 528 g/mol. The Hall–Kier alpha value is -3.86. The summed E-state index contributed by atoms with van der Waals surface area (Å²) < 4.78 is 0. The SMILES string of the molecule is N=C(N)NCCC[C@H](NC(=O)[C@@H](N)CC(N)=O)C(=O)N[C@@H](CS)C(=O)N[C@@H](Cc1c[nH]cn1)C(=O)O. The molecule has 17 heteroatoms. The first-order valence-electron chi connectivity index (χ1n) is 10.8. The highest BCUT2D eigenvalue weighted by Crippen LogP contribution is 2.03. The number of hydrogen-bond acceptors (Lipinski definition) is 9. The van der Waals surface area contributed by atoms with Crippen LogP contribution >= 0.6 is 12.6 Å². The Bertz CT molecular complexity index is 928. The molecule has 0 saturated carbocycles. The molecule has 0 aliphatic heterocycles. The van der Waals surface area contributed by atoms with Gasteiger partial charge in [-0.15, -0.1) is 0 Å². The number of guanidine groups is 1. The summed E-state index contributed by atoms with van der Waals surface area (Å²) in [4.78, 5) is 67.2. The zero-order chi connectivity index (χ0) is 27.3. The van der Waals surface area contributed by atoms with Crippen LogP contribution in [0.5, 0.6) is 0 Å². The van der Waals surface area contributed by atoms with E-state index in [0.717, 1.165) is 0 Å². The van der Waals surface area contributed by atoms with Gasteiger partial charge in [0.05, 0.1) is 24.5 Å². The molecule has 1 rings (SSSR count). The third-order valence-electron chi connectivity index (χ3n) is 4.77. The number of nitrogens with zero attached hydrogens (tertiary/aromatic N) is 1. The van der Waals surface area contributed by atoms with Crippen molar-refractivity contribution >= 4 is 48.2 Å². The predicted molar refractivity (Wildman–Crippen MR) is 131 cm³/mol. The van der Waals surface area contributed by atoms with Crippen LogP contribution < -0.4 is 38.5 Å². The summed E-state index contributed by atoms with van der Waals surface area (Å²) in [5, 5.41) is 26.3. The van der Waals surface area contributed by atoms with Gasteiger partial charge in [0.15, 0.2) is 5.96 Å². The van der Waals surface area contributed by atoms with Crippen LogP contribution in [0.15, 0.2) is 12.5 Å². The number of aliphatic carboxylic acids is 1. The Morgan fingerprint density at radius 3 is 2.19 bits per heavy atom. The van der Waals surface area contributed by atoms with Gasteiger partial charge in [-0.25, -0.2) is 9.78 Å². The maximum Gasteiger partial charge on any atom is 0.326 e. The number of primary amides is 1. The number of nitrogens with two attached hydrogens (primary N) is 3. The van der Waals surface area contributed by atoms with E-state index in [-0.39, 0.29) is 37.5 Å². The van der Waals surface area contributed by atoms with Crippen LogP contribution in [-0.2, 0) is 30.4 Å². The number of carboxylic acids is 1. The second-order valence-corrected chi connectivity index (χ2v) is 8.09. The summed E-state index contributed by atoms with van der Waals surface area (Å²) in [7, 11) is 0. The van der Waals surface area contributed by atoms with Gasteiger partial charge in [0, 0.05) is 24.9 Å². The second-order valence-electron chi connectivity index (χ2n) is 7.73. The molecule has 0 spiro atoms. The molecule has 0 aliphatic rings. The van der Waals surface area contributed by atoms with Gasteiger partial charge in [0.2, 0.25) is 23.6 Å². The first kappa shape index (κ1) is 30.2. The van der Waals surface area contributed by atoms with Crippen LogP contribution in [0.1, 0.15) is 25.0 Å². The minimum atomic E-state index is -1.32. The summed E-state index contributed by atoms with van der Waals surface area (Å²) in [5.74, 6) is -4.97. The van der Waals surface area contributed by atoms with Gasteiger partial charge in [-0.2, -0.15) is 12.6 Å². The number of amides is 4. The van der Waals surface area contributed by atoms with Gasteiger partial charge in [0.25, 0.3) is 0 Å². The molecule has 13 N–H and O–H groups in total. The number of aromatic nitrogens is 2. The molecule has 4 atom stereocenters. The second kappa shape index (κ2) is 15.2. The molecule has 0 aliphatic carbocycles. The molecular formula is C19H32N10O6S. The fraction of sp³-hybridized carbons (Fsp3) is 0.526. The zero-order valence-corrected chi connectivity index (χ0v) is 20.2. The van der Waals surface area contributed by atoms with Gasteiger partial charge in [-0.3, -0.25) is 24.6 Å². The molecule has 4 amide bonds. The molecule has 0 aromatic carbocycles. The quantitative estimate of drug-likeness (QED) is 0.0426. The van der Waals surface area contributed by atoms with Crippen LogP contribution in [0.2, 0.25) is 0 Å². The zero-order valence-electron chi connectivity index (χ0n) is 19.3. The van der Waals surface area contributed by atoms with Crippen molar-refractivity contribution in [3.05, 3.63) is 18.2 Å². The minimum absolute atomic E-state index is 0.0545. The lowest BCUT2D eigenvalue weighted by molar-refractivity contribution is -0.142. The number of H-pyrrole nitrogens is 1. The van der Waals surface area contributed by atoms with Crippen molar-refractivity contribution in [2.45, 2.75) is 49.9 Å². The number of nitrogens with one attached hydrogen (secondary N) is 6. The number of carbonyl (C=O) groups is 5. The van der Waals surface area contributed by atoms with E-state index in [4.69, 9.17) is 22.6 Å². The summed E-state index contributed by atoms with van der Waals surface area (Å²) in [6.07, 6.45) is 2.64. The minimum Gasteiger partial charge on any atom is -0.480 e. The summed E-state index contributed by atoms with van der Waals surface area (Å²) in [6.45, 7) is 0.215. The van der Waals surface area contributed by atoms with Crippen LogP contribution in [0, 0.1) is 5.41 Å². The van der Waals surface area contributed by atoms with Crippen molar-refractivity contribution in [2.24, 2.45) is 17.2 Å². The molecule has 0 fully saturated rings. The Kier molecular flexibility index (Phi) is 12.7. The Morgan fingerprint density at radius 2 is 1.67 bits per heavy atom. The molecule has 0 radical (unpaired) electrons. The van der Waals surface area contributed by atoms with E-state index < -0.39 is 60.2 Å². The number of hydrogen-bond donors (Lipinski definition) is 11. The Morgan fingerprint density at radius 1 is 1.06 bits per heavy atom. The molecule has 1 aromatic heterocycles. The fourth-order valence-electron chi connectivity index (χ4n) is 2.94. The van der Waals surface area contributed by atoms with Crippen LogP contribution in [0.25, 0.3) is 0 Å². The topological polar surface area (TPSA) is 284 Å². The smallest absolute Gasteiger partial charge is 0.326 e. The van der Waals surface area contributed by atoms with E-state index >= 15 is 0 Å². The first-order valence-corrected chi connectivity index (χ1v) is 11.4. The van der Waals surface area contributed by atoms with E-state index in [0.29, 0.717) is 5.69 Å². The van der Waals surface area contributed by atoms with Crippen molar-refractivity contribution in [2.75, 3.05) is 12.3 Å². The molecule has 200 valence electrons. The molecule has 1 aromatic rings. The van der Waals surface area contributed by atoms with Crippen molar-refractivity contribution in [1.82, 2.24) is 31.2 Å². The predicted octanol–water partition coefficient (Wildman–Crippen LogP) is -4.11. The molecule has 1 heterocycles. The normalized spacial score (nSPS) is 13.9. The third-order valence-corrected chi connectivity index (χ3v) is 5.14. The van der Waals surface area contributed by atoms with E-state index in [2.05, 4.69) is 43.9 Å². The highest BCUT2D eigenvalue weighted by Gasteiger charge is 2.30. The van der Waals surface area contributed by atoms with Gasteiger partial charge in [-0.1, -0.05) is 0 Å². The van der Waals surface area contributed by atoms with Crippen molar-refractivity contribution in [3.63, 3.8) is 0 Å². The lowest BCUT2D eigenvalue weighted by Gasteiger charge is -2.24. The molecule has 0 saturated heterocycles. The van der Waals surface area contributed by atoms with Crippen molar-refractivity contribution in [1.29, 1.82) is 5.41 Å². The van der Waals surface area contributed by atoms with Gasteiger partial charge < -0.3 is 48.6 Å². The fourth-order valence-corrected chi connectivity index (χ4v) is 3.19. The van der Waals surface area contributed by atoms with Crippen molar-refractivity contribution in [3.8, 4) is 0 Å². The number of aromatic amines is 1. The number of thiol groups is 1. The van der Waals surface area contributed by atoms with E-state index in [1.807, 2.05) is 0 Å². The van der Waals surface area contributed by atoms with E-state index in [9.17, 15) is 29.1 Å². The average molecular weight is 529 g/mol. The van der Waals surface area contributed by atoms with Crippen LogP contribution in [0.4, 0.5) is 0 Å². The molecular weight excluding hydrogens is 496 g/mol. The van der Waals surface area contributed by atoms with Gasteiger partial charge in [-0.05, 0) is 12.8 Å². The number of imidazole rings is 1. The lowest BCUT2D eigenvalue weighted by atomic mass is 10.1. The molecule has 0 unspecified atom stereocenters. The molecule has 36 heavy (non-hydrogen) atoms. The van der Waals surface area contributed by atoms with Gasteiger partial charge >= 0.3 is 5.97 Å². The van der Waals surface area contributed by atoms with Crippen LogP contribution in [0.3, 0.4) is 0 Å². The number of carboxylic acid groups (broad SMARTS) is 1. The Balaban J connectivity index is 2.87. The van der Waals surface area contributed by atoms with E-state index in [1.165, 1.54) is 12.5 Å². The highest BCUT2D eigenvalue weighted by atomic mass is 32.1. The third kappa shape index (κ3) is 11.0. The number of rotatable bonds is 16. The number of carbonyl (C=O) groups excluding carboxylic acids is 4. The van der Waals surface area contributed by atoms with Crippen molar-refractivity contribution < 1.29 is 29.1 Å². The maximum atomic E-state index is 12.9. The standard InChI is InChI=1S/C19H32N10O6S/c20-10(5-14(21)30)15(31)27-11(2-1-3-25-19(22)23)16(32)29-13(7-36)17(33)28-12(18(34)35)4-9-6-24-8-26-9/h6,8,10-13,36H,1-5,7,20H2,(H2,21,30)(H,24,26)(H,27,31)(H,28,33)(H,29,32)(H,34,35)(H4,22,23,25)/t10-,11-,12-,13-/m0/s1. The van der Waals surface area contributed by atoms with Crippen LogP contribution in [-0.4, -0.2) is 87.1 Å². The maximum absolute atomic E-state index is 12.9. The largest absolute Gasteiger partial charge is 0.480 e. The summed E-state index contributed by atoms with van der Waals surface area (Å²) in [5.41, 5.74) is 16.3. The highest BCUT2D eigenvalue weighted by molar-refractivity contribution is 7.80. The average Bonchev–Trinajstić information content (AvgIpc) is 3.31. The van der Waals surface area contributed by atoms with Gasteiger partial charge in [0.1, 0.15) is 18.1 Å². The molecule has 16 nitrogen and oxygen atoms in total. The lowest BCUT2D eigenvalue weighted by Crippen LogP contribution is -2.58. The first-order chi connectivity index (χ1) is 16.9.